The number of allylic oxidation sites excluding steroid dienone is 1. The first-order valence-electron chi connectivity index (χ1n) is 9.45. The molecule has 1 saturated heterocycles. The molecule has 2 aromatic rings. The summed E-state index contributed by atoms with van der Waals surface area (Å²) in [6.07, 6.45) is 6.30. The number of hydrogen-bond donors (Lipinski definition) is 2. The summed E-state index contributed by atoms with van der Waals surface area (Å²) in [5, 5.41) is 4.26. The summed E-state index contributed by atoms with van der Waals surface area (Å²) in [7, 11) is -3.25. The van der Waals surface area contributed by atoms with Crippen molar-refractivity contribution in [2.24, 2.45) is 9.98 Å². The Labute approximate surface area is 180 Å². The molecule has 0 bridgehead atoms. The van der Waals surface area contributed by atoms with Crippen LogP contribution in [0.25, 0.3) is 11.0 Å². The number of sulfonamides is 1. The number of aliphatic imine (C=N–C) groups is 2. The second kappa shape index (κ2) is 9.23. The van der Waals surface area contributed by atoms with Crippen LogP contribution in [-0.4, -0.2) is 60.6 Å². The van der Waals surface area contributed by atoms with E-state index >= 15 is 0 Å². The molecule has 3 rings (SSSR count). The van der Waals surface area contributed by atoms with Gasteiger partial charge in [-0.2, -0.15) is 0 Å². The molecule has 0 saturated carbocycles. The van der Waals surface area contributed by atoms with Gasteiger partial charge in [0.2, 0.25) is 10.0 Å². The molecule has 30 heavy (non-hydrogen) atoms. The molecule has 2 aromatic heterocycles. The molecule has 0 radical (unpaired) electrons. The highest BCUT2D eigenvalue weighted by atomic mass is 35.5. The highest BCUT2D eigenvalue weighted by Gasteiger charge is 2.23. The minimum atomic E-state index is -3.25. The van der Waals surface area contributed by atoms with Crippen LogP contribution in [0.4, 0.5) is 4.39 Å². The van der Waals surface area contributed by atoms with Crippen molar-refractivity contribution in [2.75, 3.05) is 19.3 Å². The van der Waals surface area contributed by atoms with Crippen LogP contribution in [0.5, 0.6) is 0 Å². The van der Waals surface area contributed by atoms with Crippen molar-refractivity contribution in [1.29, 1.82) is 0 Å². The monoisotopic (exact) mass is 454 g/mol. The molecule has 0 amide bonds. The first-order valence-corrected chi connectivity index (χ1v) is 11.7. The third kappa shape index (κ3) is 5.24. The molecule has 1 fully saturated rings. The Morgan fingerprint density at radius 3 is 2.87 bits per heavy atom. The van der Waals surface area contributed by atoms with Gasteiger partial charge in [0.15, 0.2) is 11.7 Å². The molecule has 1 aliphatic rings. The van der Waals surface area contributed by atoms with Crippen LogP contribution in [-0.2, 0) is 10.0 Å². The summed E-state index contributed by atoms with van der Waals surface area (Å²) in [6, 6.07) is 1.60. The predicted molar refractivity (Wildman–Crippen MR) is 118 cm³/mol. The lowest BCUT2D eigenvalue weighted by atomic mass is 10.1. The number of nitrogens with zero attached hydrogens (tertiary/aromatic N) is 4. The van der Waals surface area contributed by atoms with Crippen molar-refractivity contribution < 1.29 is 12.8 Å². The molecule has 11 heteroatoms. The standard InChI is InChI=1S/C19H24ClFN6O2S/c1-12(21)17(25-14-5-4-7-27(8-6-14)30(3,28)29)26-18(22-2)16-11-24-19-15(16)9-13(20)10-23-19/h9-11,14,25H,2,4-8H2,1,3H3,(H,23,24)/b17-12+,26-18?. The van der Waals surface area contributed by atoms with Gasteiger partial charge in [-0.15, -0.1) is 0 Å². The normalized spacial score (nSPS) is 20.0. The first kappa shape index (κ1) is 22.4. The molecule has 0 aromatic carbocycles. The van der Waals surface area contributed by atoms with Gasteiger partial charge in [-0.3, -0.25) is 0 Å². The topological polar surface area (TPSA) is 103 Å². The SMILES string of the molecule is C=NC(=N/C(NC1CCCN(S(C)(=O)=O)CC1)=C(\C)F)c1c[nH]c2ncc(Cl)cc12. The van der Waals surface area contributed by atoms with Crippen molar-refractivity contribution in [3.8, 4) is 0 Å². The molecule has 1 unspecified atom stereocenters. The van der Waals surface area contributed by atoms with Crippen molar-refractivity contribution in [1.82, 2.24) is 19.6 Å². The molecule has 162 valence electrons. The lowest BCUT2D eigenvalue weighted by Crippen LogP contribution is -2.33. The summed E-state index contributed by atoms with van der Waals surface area (Å²) in [5.41, 5.74) is 1.20. The minimum Gasteiger partial charge on any atom is -0.365 e. The van der Waals surface area contributed by atoms with E-state index in [-0.39, 0.29) is 17.7 Å². The average molecular weight is 455 g/mol. The van der Waals surface area contributed by atoms with Crippen molar-refractivity contribution >= 4 is 45.2 Å². The van der Waals surface area contributed by atoms with Crippen LogP contribution < -0.4 is 5.32 Å². The summed E-state index contributed by atoms with van der Waals surface area (Å²) in [4.78, 5) is 15.5. The lowest BCUT2D eigenvalue weighted by molar-refractivity contribution is 0.420. The smallest absolute Gasteiger partial charge is 0.211 e. The van der Waals surface area contributed by atoms with E-state index in [1.165, 1.54) is 23.7 Å². The summed E-state index contributed by atoms with van der Waals surface area (Å²) < 4.78 is 39.4. The van der Waals surface area contributed by atoms with Crippen molar-refractivity contribution in [2.45, 2.75) is 32.2 Å². The second-order valence-corrected chi connectivity index (χ2v) is 9.58. The maximum Gasteiger partial charge on any atom is 0.211 e. The summed E-state index contributed by atoms with van der Waals surface area (Å²) >= 11 is 6.05. The van der Waals surface area contributed by atoms with E-state index in [0.717, 1.165) is 0 Å². The highest BCUT2D eigenvalue weighted by molar-refractivity contribution is 7.88. The number of amidine groups is 1. The van der Waals surface area contributed by atoms with Gasteiger partial charge in [0.05, 0.1) is 11.3 Å². The number of H-pyrrole nitrogens is 1. The van der Waals surface area contributed by atoms with Crippen molar-refractivity contribution in [3.05, 3.63) is 40.7 Å². The van der Waals surface area contributed by atoms with E-state index in [1.807, 2.05) is 0 Å². The Kier molecular flexibility index (Phi) is 6.89. The van der Waals surface area contributed by atoms with Crippen LogP contribution in [0.15, 0.2) is 40.1 Å². The minimum absolute atomic E-state index is 0.0412. The zero-order chi connectivity index (χ0) is 21.9. The Morgan fingerprint density at radius 2 is 2.20 bits per heavy atom. The van der Waals surface area contributed by atoms with Gasteiger partial charge in [-0.25, -0.2) is 32.1 Å². The number of rotatable bonds is 5. The number of fused-ring (bicyclic) bond motifs is 1. The fourth-order valence-corrected chi connectivity index (χ4v) is 4.45. The van der Waals surface area contributed by atoms with Crippen LogP contribution in [0.3, 0.4) is 0 Å². The Morgan fingerprint density at radius 1 is 1.43 bits per heavy atom. The first-order chi connectivity index (χ1) is 14.2. The quantitative estimate of drug-likeness (QED) is 0.534. The largest absolute Gasteiger partial charge is 0.365 e. The van der Waals surface area contributed by atoms with E-state index in [9.17, 15) is 12.8 Å². The average Bonchev–Trinajstić information content (AvgIpc) is 2.92. The van der Waals surface area contributed by atoms with Crippen molar-refractivity contribution in [3.63, 3.8) is 0 Å². The van der Waals surface area contributed by atoms with E-state index in [4.69, 9.17) is 11.6 Å². The molecule has 0 spiro atoms. The van der Waals surface area contributed by atoms with E-state index in [0.29, 0.717) is 54.0 Å². The fourth-order valence-electron chi connectivity index (χ4n) is 3.40. The maximum atomic E-state index is 14.3. The summed E-state index contributed by atoms with van der Waals surface area (Å²) in [6.45, 7) is 5.70. The van der Waals surface area contributed by atoms with Gasteiger partial charge in [-0.1, -0.05) is 11.6 Å². The Bertz CT molecular complexity index is 1110. The zero-order valence-corrected chi connectivity index (χ0v) is 18.4. The zero-order valence-electron chi connectivity index (χ0n) is 16.8. The number of nitrogens with one attached hydrogen (secondary N) is 2. The third-order valence-electron chi connectivity index (χ3n) is 4.93. The van der Waals surface area contributed by atoms with Crippen LogP contribution in [0.1, 0.15) is 31.7 Å². The van der Waals surface area contributed by atoms with Gasteiger partial charge >= 0.3 is 0 Å². The third-order valence-corrected chi connectivity index (χ3v) is 6.44. The van der Waals surface area contributed by atoms with Gasteiger partial charge in [-0.05, 0) is 39.0 Å². The van der Waals surface area contributed by atoms with Gasteiger partial charge in [0.1, 0.15) is 11.5 Å². The van der Waals surface area contributed by atoms with Gasteiger partial charge < -0.3 is 10.3 Å². The molecule has 2 N–H and O–H groups in total. The molecule has 8 nitrogen and oxygen atoms in total. The van der Waals surface area contributed by atoms with Gasteiger partial charge in [0, 0.05) is 42.5 Å². The van der Waals surface area contributed by atoms with E-state index in [2.05, 4.69) is 32.0 Å². The molecule has 3 heterocycles. The fraction of sp³-hybridized carbons (Fsp3) is 0.421. The Balaban J connectivity index is 1.85. The number of pyridine rings is 1. The molecular formula is C19H24ClFN6O2S. The predicted octanol–water partition coefficient (Wildman–Crippen LogP) is 3.23. The number of aromatic amines is 1. The molecule has 0 aliphatic carbocycles. The van der Waals surface area contributed by atoms with Crippen LogP contribution >= 0.6 is 11.6 Å². The Hall–Kier alpha value is -2.30. The maximum absolute atomic E-state index is 14.3. The highest BCUT2D eigenvalue weighted by Crippen LogP contribution is 2.23. The molecule has 1 atom stereocenters. The number of hydrogen-bond acceptors (Lipinski definition) is 5. The lowest BCUT2D eigenvalue weighted by Gasteiger charge is -2.19. The number of halogens is 2. The number of aromatic nitrogens is 2. The molecular weight excluding hydrogens is 431 g/mol. The molecule has 1 aliphatic heterocycles. The van der Waals surface area contributed by atoms with Crippen LogP contribution in [0, 0.1) is 0 Å². The van der Waals surface area contributed by atoms with E-state index in [1.54, 1.807) is 12.3 Å². The summed E-state index contributed by atoms with van der Waals surface area (Å²) in [5.74, 6) is -0.243. The van der Waals surface area contributed by atoms with E-state index < -0.39 is 15.9 Å². The second-order valence-electron chi connectivity index (χ2n) is 7.16. The van der Waals surface area contributed by atoms with Gasteiger partial charge in [0.25, 0.3) is 0 Å². The van der Waals surface area contributed by atoms with Crippen LogP contribution in [0.2, 0.25) is 5.02 Å².